The van der Waals surface area contributed by atoms with E-state index in [-0.39, 0.29) is 11.7 Å². The van der Waals surface area contributed by atoms with Crippen LogP contribution in [-0.2, 0) is 28.2 Å². The van der Waals surface area contributed by atoms with Gasteiger partial charge in [0.25, 0.3) is 11.8 Å². The summed E-state index contributed by atoms with van der Waals surface area (Å²) in [5.41, 5.74) is 0.452. The molecule has 0 saturated heterocycles. The van der Waals surface area contributed by atoms with Crippen LogP contribution in [0.3, 0.4) is 0 Å². The van der Waals surface area contributed by atoms with Crippen molar-refractivity contribution in [3.63, 3.8) is 0 Å². The molecule has 1 fully saturated rings. The second-order valence-electron chi connectivity index (χ2n) is 8.11. The lowest BCUT2D eigenvalue weighted by atomic mass is 10.00. The summed E-state index contributed by atoms with van der Waals surface area (Å²) in [7, 11) is 1.70. The highest BCUT2D eigenvalue weighted by molar-refractivity contribution is 6.00. The van der Waals surface area contributed by atoms with E-state index in [2.05, 4.69) is 20.5 Å². The molecule has 10 heteroatoms. The summed E-state index contributed by atoms with van der Waals surface area (Å²) in [6, 6.07) is 1.22. The van der Waals surface area contributed by atoms with Crippen molar-refractivity contribution < 1.29 is 14.3 Å². The SMILES string of the molecule is Cc1cc2n(n1)CCC(NC(=O)c1nc3n(n1)CCOC31CCCC1)C(=O)N2C. The highest BCUT2D eigenvalue weighted by Gasteiger charge is 2.44. The third kappa shape index (κ3) is 2.93. The van der Waals surface area contributed by atoms with Gasteiger partial charge in [-0.1, -0.05) is 0 Å². The molecule has 5 rings (SSSR count). The Morgan fingerprint density at radius 3 is 2.83 bits per heavy atom. The van der Waals surface area contributed by atoms with Crippen molar-refractivity contribution in [1.29, 1.82) is 0 Å². The first-order valence-electron chi connectivity index (χ1n) is 10.2. The molecule has 4 heterocycles. The van der Waals surface area contributed by atoms with E-state index in [1.54, 1.807) is 21.3 Å². The van der Waals surface area contributed by atoms with Crippen LogP contribution in [0.5, 0.6) is 0 Å². The van der Waals surface area contributed by atoms with Gasteiger partial charge in [0.15, 0.2) is 5.82 Å². The van der Waals surface area contributed by atoms with Gasteiger partial charge in [0, 0.05) is 19.7 Å². The fourth-order valence-electron chi connectivity index (χ4n) is 4.68. The predicted molar refractivity (Wildman–Crippen MR) is 102 cm³/mol. The first-order chi connectivity index (χ1) is 14.0. The summed E-state index contributed by atoms with van der Waals surface area (Å²) in [6.07, 6.45) is 4.45. The van der Waals surface area contributed by atoms with E-state index in [1.165, 1.54) is 0 Å². The molecule has 0 bridgehead atoms. The van der Waals surface area contributed by atoms with Crippen LogP contribution in [0.1, 0.15) is 54.2 Å². The highest BCUT2D eigenvalue weighted by atomic mass is 16.5. The van der Waals surface area contributed by atoms with Gasteiger partial charge in [-0.05, 0) is 39.0 Å². The number of carbonyl (C=O) groups is 2. The third-order valence-electron chi connectivity index (χ3n) is 6.16. The van der Waals surface area contributed by atoms with Crippen LogP contribution in [0.2, 0.25) is 0 Å². The average Bonchev–Trinajstić information content (AvgIpc) is 3.41. The monoisotopic (exact) mass is 399 g/mol. The summed E-state index contributed by atoms with van der Waals surface area (Å²) in [5, 5.41) is 11.7. The van der Waals surface area contributed by atoms with Gasteiger partial charge in [-0.2, -0.15) is 5.10 Å². The van der Waals surface area contributed by atoms with Gasteiger partial charge in [0.05, 0.1) is 18.8 Å². The number of ether oxygens (including phenoxy) is 1. The molecule has 1 aliphatic carbocycles. The van der Waals surface area contributed by atoms with Crippen LogP contribution in [-0.4, -0.2) is 56.1 Å². The minimum absolute atomic E-state index is 0.102. The van der Waals surface area contributed by atoms with Crippen LogP contribution in [0.4, 0.5) is 5.82 Å². The van der Waals surface area contributed by atoms with E-state index >= 15 is 0 Å². The highest BCUT2D eigenvalue weighted by Crippen LogP contribution is 2.42. The summed E-state index contributed by atoms with van der Waals surface area (Å²) < 4.78 is 9.65. The maximum absolute atomic E-state index is 12.9. The number of nitrogens with zero attached hydrogens (tertiary/aromatic N) is 6. The lowest BCUT2D eigenvalue weighted by Crippen LogP contribution is -2.47. The van der Waals surface area contributed by atoms with E-state index in [0.717, 1.165) is 43.0 Å². The van der Waals surface area contributed by atoms with Crippen molar-refractivity contribution in [2.75, 3.05) is 18.6 Å². The van der Waals surface area contributed by atoms with E-state index in [0.29, 0.717) is 26.1 Å². The molecule has 29 heavy (non-hydrogen) atoms. The molecule has 2 aromatic heterocycles. The predicted octanol–water partition coefficient (Wildman–Crippen LogP) is 0.748. The summed E-state index contributed by atoms with van der Waals surface area (Å²) >= 11 is 0. The van der Waals surface area contributed by atoms with E-state index in [9.17, 15) is 9.59 Å². The quantitative estimate of drug-likeness (QED) is 0.799. The number of hydrogen-bond acceptors (Lipinski definition) is 6. The van der Waals surface area contributed by atoms with Gasteiger partial charge >= 0.3 is 0 Å². The average molecular weight is 399 g/mol. The number of nitrogens with one attached hydrogen (secondary N) is 1. The molecular formula is C19H25N7O3. The van der Waals surface area contributed by atoms with Gasteiger partial charge in [-0.25, -0.2) is 14.3 Å². The van der Waals surface area contributed by atoms with Crippen molar-refractivity contribution >= 4 is 17.6 Å². The Labute approximate surface area is 168 Å². The smallest absolute Gasteiger partial charge is 0.291 e. The third-order valence-corrected chi connectivity index (χ3v) is 6.16. The maximum atomic E-state index is 12.9. The molecule has 2 aromatic rings. The maximum Gasteiger partial charge on any atom is 0.291 e. The number of aryl methyl sites for hydroxylation is 2. The number of hydrogen-bond donors (Lipinski definition) is 1. The second-order valence-corrected chi connectivity index (χ2v) is 8.11. The lowest BCUT2D eigenvalue weighted by Gasteiger charge is -2.32. The first kappa shape index (κ1) is 18.3. The Morgan fingerprint density at radius 1 is 1.24 bits per heavy atom. The number of amides is 2. The second kappa shape index (κ2) is 6.65. The van der Waals surface area contributed by atoms with Crippen molar-refractivity contribution in [1.82, 2.24) is 29.9 Å². The summed E-state index contributed by atoms with van der Waals surface area (Å²) in [4.78, 5) is 31.8. The number of carbonyl (C=O) groups excluding carboxylic acids is 2. The minimum Gasteiger partial charge on any atom is -0.365 e. The molecule has 2 aliphatic heterocycles. The van der Waals surface area contributed by atoms with Gasteiger partial charge in [-0.3, -0.25) is 14.5 Å². The Hall–Kier alpha value is -2.75. The Morgan fingerprint density at radius 2 is 2.03 bits per heavy atom. The minimum atomic E-state index is -0.647. The fraction of sp³-hybridized carbons (Fsp3) is 0.632. The topological polar surface area (TPSA) is 107 Å². The van der Waals surface area contributed by atoms with Crippen molar-refractivity contribution in [2.45, 2.75) is 63.8 Å². The molecule has 1 unspecified atom stereocenters. The molecule has 2 amide bonds. The fourth-order valence-corrected chi connectivity index (χ4v) is 4.68. The molecule has 3 aliphatic rings. The van der Waals surface area contributed by atoms with Crippen molar-refractivity contribution in [3.05, 3.63) is 23.4 Å². The Balaban J connectivity index is 1.35. The van der Waals surface area contributed by atoms with E-state index in [4.69, 9.17) is 4.74 Å². The van der Waals surface area contributed by atoms with Crippen LogP contribution in [0, 0.1) is 6.92 Å². The van der Waals surface area contributed by atoms with Crippen molar-refractivity contribution in [2.24, 2.45) is 0 Å². The number of rotatable bonds is 2. The number of fused-ring (bicyclic) bond motifs is 3. The van der Waals surface area contributed by atoms with Gasteiger partial charge in [-0.15, -0.1) is 5.10 Å². The standard InChI is InChI=1S/C19H25N7O3/c1-12-11-14-24(2)17(28)13(5-8-25(14)22-12)20-16(27)15-21-18-19(6-3-4-7-19)29-10-9-26(18)23-15/h11,13H,3-10H2,1-2H3,(H,20,27). The lowest BCUT2D eigenvalue weighted by molar-refractivity contribution is -0.120. The first-order valence-corrected chi connectivity index (χ1v) is 10.2. The van der Waals surface area contributed by atoms with E-state index in [1.807, 2.05) is 13.0 Å². The molecular weight excluding hydrogens is 374 g/mol. The largest absolute Gasteiger partial charge is 0.365 e. The Bertz CT molecular complexity index is 973. The summed E-state index contributed by atoms with van der Waals surface area (Å²) in [5.74, 6) is 0.982. The number of likely N-dealkylation sites (N-methyl/N-ethyl adjacent to an activating group) is 1. The zero-order valence-corrected chi connectivity index (χ0v) is 16.7. The van der Waals surface area contributed by atoms with Crippen LogP contribution in [0.25, 0.3) is 0 Å². The van der Waals surface area contributed by atoms with Crippen LogP contribution < -0.4 is 10.2 Å². The van der Waals surface area contributed by atoms with Gasteiger partial charge in [0.1, 0.15) is 17.5 Å². The van der Waals surface area contributed by atoms with Gasteiger partial charge < -0.3 is 10.1 Å². The molecule has 154 valence electrons. The molecule has 1 spiro atoms. The molecule has 1 saturated carbocycles. The normalized spacial score (nSPS) is 23.0. The zero-order chi connectivity index (χ0) is 20.2. The molecule has 1 atom stereocenters. The molecule has 0 radical (unpaired) electrons. The zero-order valence-electron chi connectivity index (χ0n) is 16.7. The molecule has 0 aromatic carbocycles. The van der Waals surface area contributed by atoms with E-state index < -0.39 is 17.6 Å². The molecule has 10 nitrogen and oxygen atoms in total. The van der Waals surface area contributed by atoms with Crippen LogP contribution in [0.15, 0.2) is 6.07 Å². The molecule has 1 N–H and O–H groups in total. The number of aromatic nitrogens is 5. The van der Waals surface area contributed by atoms with Crippen LogP contribution >= 0.6 is 0 Å². The Kier molecular flexibility index (Phi) is 4.19. The van der Waals surface area contributed by atoms with Gasteiger partial charge in [0.2, 0.25) is 5.82 Å². The van der Waals surface area contributed by atoms with Crippen molar-refractivity contribution in [3.8, 4) is 0 Å². The number of anilines is 1. The summed E-state index contributed by atoms with van der Waals surface area (Å²) in [6.45, 7) is 3.61.